The van der Waals surface area contributed by atoms with E-state index in [4.69, 9.17) is 4.42 Å². The van der Waals surface area contributed by atoms with E-state index in [1.165, 1.54) is 0 Å². The highest BCUT2D eigenvalue weighted by molar-refractivity contribution is 5.96. The number of aromatic nitrogens is 2. The standard InChI is InChI=1S/C18H19N5O3/c1-12(16(24)19-11-13-5-4-10-26-13)20-18(25)23-9-8-22-15-7-3-2-6-14(15)21-17(22)23/h2-7,10,12H,8-9,11H2,1H3,(H,19,24)(H,20,25)/t12-/m0/s1. The molecule has 1 aliphatic heterocycles. The zero-order chi connectivity index (χ0) is 18.1. The first-order valence-corrected chi connectivity index (χ1v) is 8.47. The quantitative estimate of drug-likeness (QED) is 0.749. The van der Waals surface area contributed by atoms with E-state index in [0.717, 1.165) is 11.0 Å². The SMILES string of the molecule is C[C@H](NC(=O)N1CCn2c1nc1ccccc12)C(=O)NCc1ccco1. The summed E-state index contributed by atoms with van der Waals surface area (Å²) in [6.07, 6.45) is 1.55. The second-order valence-corrected chi connectivity index (χ2v) is 6.17. The van der Waals surface area contributed by atoms with Gasteiger partial charge in [-0.25, -0.2) is 9.78 Å². The van der Waals surface area contributed by atoms with Crippen molar-refractivity contribution in [1.82, 2.24) is 20.2 Å². The third-order valence-corrected chi connectivity index (χ3v) is 4.42. The van der Waals surface area contributed by atoms with Gasteiger partial charge in [-0.2, -0.15) is 0 Å². The van der Waals surface area contributed by atoms with Crippen molar-refractivity contribution in [1.29, 1.82) is 0 Å². The number of furan rings is 1. The molecule has 0 saturated carbocycles. The maximum absolute atomic E-state index is 12.6. The molecular weight excluding hydrogens is 334 g/mol. The molecular formula is C18H19N5O3. The van der Waals surface area contributed by atoms with Gasteiger partial charge in [0.15, 0.2) is 0 Å². The zero-order valence-electron chi connectivity index (χ0n) is 14.3. The van der Waals surface area contributed by atoms with Gasteiger partial charge in [-0.3, -0.25) is 9.69 Å². The molecule has 0 radical (unpaired) electrons. The predicted octanol–water partition coefficient (Wildman–Crippen LogP) is 1.86. The summed E-state index contributed by atoms with van der Waals surface area (Å²) in [6.45, 7) is 3.14. The lowest BCUT2D eigenvalue weighted by Crippen LogP contribution is -2.49. The number of amides is 3. The van der Waals surface area contributed by atoms with E-state index in [1.54, 1.807) is 30.2 Å². The van der Waals surface area contributed by atoms with Crippen molar-refractivity contribution in [3.05, 3.63) is 48.4 Å². The van der Waals surface area contributed by atoms with Gasteiger partial charge in [0.1, 0.15) is 11.8 Å². The minimum atomic E-state index is -0.670. The van der Waals surface area contributed by atoms with Gasteiger partial charge in [0.2, 0.25) is 11.9 Å². The Labute approximate surface area is 149 Å². The molecule has 0 saturated heterocycles. The average Bonchev–Trinajstić information content (AvgIpc) is 3.35. The molecule has 4 rings (SSSR count). The van der Waals surface area contributed by atoms with Crippen molar-refractivity contribution in [2.45, 2.75) is 26.1 Å². The lowest BCUT2D eigenvalue weighted by molar-refractivity contribution is -0.122. The van der Waals surface area contributed by atoms with Crippen molar-refractivity contribution in [2.24, 2.45) is 0 Å². The van der Waals surface area contributed by atoms with Crippen LogP contribution in [0.2, 0.25) is 0 Å². The van der Waals surface area contributed by atoms with E-state index in [2.05, 4.69) is 15.6 Å². The van der Waals surface area contributed by atoms with Gasteiger partial charge in [0.25, 0.3) is 0 Å². The molecule has 1 atom stereocenters. The zero-order valence-corrected chi connectivity index (χ0v) is 14.3. The van der Waals surface area contributed by atoms with Crippen LogP contribution in [0.1, 0.15) is 12.7 Å². The van der Waals surface area contributed by atoms with E-state index in [0.29, 0.717) is 24.8 Å². The van der Waals surface area contributed by atoms with Gasteiger partial charge in [0.05, 0.1) is 23.8 Å². The van der Waals surface area contributed by atoms with Crippen LogP contribution in [0.4, 0.5) is 10.7 Å². The molecule has 2 aromatic heterocycles. The first-order valence-electron chi connectivity index (χ1n) is 8.47. The Morgan fingerprint density at radius 1 is 1.23 bits per heavy atom. The van der Waals surface area contributed by atoms with Crippen LogP contribution in [0.25, 0.3) is 11.0 Å². The lowest BCUT2D eigenvalue weighted by atomic mass is 10.3. The van der Waals surface area contributed by atoms with Crippen LogP contribution in [-0.4, -0.2) is 34.1 Å². The van der Waals surface area contributed by atoms with Gasteiger partial charge in [-0.05, 0) is 31.2 Å². The minimum absolute atomic E-state index is 0.276. The highest BCUT2D eigenvalue weighted by Gasteiger charge is 2.29. The van der Waals surface area contributed by atoms with Crippen molar-refractivity contribution < 1.29 is 14.0 Å². The molecule has 0 bridgehead atoms. The lowest BCUT2D eigenvalue weighted by Gasteiger charge is -2.19. The van der Waals surface area contributed by atoms with E-state index in [1.807, 2.05) is 28.8 Å². The maximum atomic E-state index is 12.6. The number of carbonyl (C=O) groups excluding carboxylic acids is 2. The summed E-state index contributed by atoms with van der Waals surface area (Å²) in [7, 11) is 0. The third kappa shape index (κ3) is 2.90. The highest BCUT2D eigenvalue weighted by Crippen LogP contribution is 2.26. The number of carbonyl (C=O) groups is 2. The molecule has 0 fully saturated rings. The fourth-order valence-corrected chi connectivity index (χ4v) is 3.05. The Kier molecular flexibility index (Phi) is 4.08. The number of hydrogen-bond acceptors (Lipinski definition) is 4. The number of para-hydroxylation sites is 2. The molecule has 1 aromatic carbocycles. The molecule has 26 heavy (non-hydrogen) atoms. The van der Waals surface area contributed by atoms with E-state index in [9.17, 15) is 9.59 Å². The first kappa shape index (κ1) is 16.2. The first-order chi connectivity index (χ1) is 12.6. The van der Waals surface area contributed by atoms with E-state index >= 15 is 0 Å². The largest absolute Gasteiger partial charge is 0.467 e. The number of nitrogens with one attached hydrogen (secondary N) is 2. The van der Waals surface area contributed by atoms with Crippen LogP contribution in [0, 0.1) is 0 Å². The molecule has 1 aliphatic rings. The average molecular weight is 353 g/mol. The monoisotopic (exact) mass is 353 g/mol. The summed E-state index contributed by atoms with van der Waals surface area (Å²) < 4.78 is 7.18. The molecule has 3 amide bonds. The fourth-order valence-electron chi connectivity index (χ4n) is 3.05. The molecule has 0 unspecified atom stereocenters. The maximum Gasteiger partial charge on any atom is 0.324 e. The summed E-state index contributed by atoms with van der Waals surface area (Å²) in [6, 6.07) is 10.3. The van der Waals surface area contributed by atoms with Crippen LogP contribution in [-0.2, 0) is 17.9 Å². The number of anilines is 1. The summed E-state index contributed by atoms with van der Waals surface area (Å²) in [5.74, 6) is 0.986. The van der Waals surface area contributed by atoms with Crippen LogP contribution < -0.4 is 15.5 Å². The van der Waals surface area contributed by atoms with Crippen molar-refractivity contribution in [3.63, 3.8) is 0 Å². The molecule has 2 N–H and O–H groups in total. The van der Waals surface area contributed by atoms with Crippen LogP contribution in [0.3, 0.4) is 0 Å². The molecule has 8 nitrogen and oxygen atoms in total. The number of benzene rings is 1. The molecule has 8 heteroatoms. The predicted molar refractivity (Wildman–Crippen MR) is 95.6 cm³/mol. The van der Waals surface area contributed by atoms with Gasteiger partial charge >= 0.3 is 6.03 Å². The van der Waals surface area contributed by atoms with Crippen LogP contribution in [0.15, 0.2) is 47.1 Å². The van der Waals surface area contributed by atoms with Gasteiger partial charge < -0.3 is 19.6 Å². The Morgan fingerprint density at radius 2 is 2.08 bits per heavy atom. The van der Waals surface area contributed by atoms with Crippen molar-refractivity contribution in [3.8, 4) is 0 Å². The Hall–Kier alpha value is -3.29. The van der Waals surface area contributed by atoms with Gasteiger partial charge in [-0.15, -0.1) is 0 Å². The van der Waals surface area contributed by atoms with E-state index < -0.39 is 6.04 Å². The summed E-state index contributed by atoms with van der Waals surface area (Å²) in [5, 5.41) is 5.46. The number of imidazole rings is 1. The van der Waals surface area contributed by atoms with Gasteiger partial charge in [0, 0.05) is 13.1 Å². The molecule has 0 aliphatic carbocycles. The van der Waals surface area contributed by atoms with Crippen molar-refractivity contribution in [2.75, 3.05) is 11.4 Å². The summed E-state index contributed by atoms with van der Waals surface area (Å²) >= 11 is 0. The number of fused-ring (bicyclic) bond motifs is 3. The topological polar surface area (TPSA) is 92.4 Å². The van der Waals surface area contributed by atoms with E-state index in [-0.39, 0.29) is 18.5 Å². The molecule has 3 heterocycles. The number of rotatable bonds is 4. The summed E-state index contributed by atoms with van der Waals surface area (Å²) in [4.78, 5) is 30.9. The number of nitrogens with zero attached hydrogens (tertiary/aromatic N) is 3. The second kappa shape index (κ2) is 6.55. The van der Waals surface area contributed by atoms with Crippen LogP contribution in [0.5, 0.6) is 0 Å². The smallest absolute Gasteiger partial charge is 0.324 e. The molecule has 0 spiro atoms. The normalized spacial score (nSPS) is 14.3. The highest BCUT2D eigenvalue weighted by atomic mass is 16.3. The Bertz CT molecular complexity index is 947. The second-order valence-electron chi connectivity index (χ2n) is 6.17. The number of hydrogen-bond donors (Lipinski definition) is 2. The van der Waals surface area contributed by atoms with Crippen molar-refractivity contribution >= 4 is 28.9 Å². The Balaban J connectivity index is 1.40. The Morgan fingerprint density at radius 3 is 2.88 bits per heavy atom. The molecule has 134 valence electrons. The van der Waals surface area contributed by atoms with Gasteiger partial charge in [-0.1, -0.05) is 12.1 Å². The molecule has 3 aromatic rings. The summed E-state index contributed by atoms with van der Waals surface area (Å²) in [5.41, 5.74) is 1.85. The van der Waals surface area contributed by atoms with Crippen LogP contribution >= 0.6 is 0 Å². The minimum Gasteiger partial charge on any atom is -0.467 e. The number of urea groups is 1. The third-order valence-electron chi connectivity index (χ3n) is 4.42. The fraction of sp³-hybridized carbons (Fsp3) is 0.278.